The van der Waals surface area contributed by atoms with Gasteiger partial charge in [-0.05, 0) is 37.7 Å². The maximum atomic E-state index is 13.8. The number of sulfonamides is 1. The van der Waals surface area contributed by atoms with Crippen molar-refractivity contribution in [2.75, 3.05) is 0 Å². The summed E-state index contributed by atoms with van der Waals surface area (Å²) in [5.41, 5.74) is 0. The molecule has 0 radical (unpaired) electrons. The summed E-state index contributed by atoms with van der Waals surface area (Å²) in [5.74, 6) is -1.96. The van der Waals surface area contributed by atoms with Crippen molar-refractivity contribution in [1.29, 1.82) is 0 Å². The van der Waals surface area contributed by atoms with E-state index in [-0.39, 0.29) is 6.10 Å². The smallest absolute Gasteiger partial charge is 0.241 e. The summed E-state index contributed by atoms with van der Waals surface area (Å²) >= 11 is 0. The molecule has 0 saturated heterocycles. The van der Waals surface area contributed by atoms with E-state index in [9.17, 15) is 17.2 Å². The average molecular weight is 305 g/mol. The van der Waals surface area contributed by atoms with Crippen LogP contribution in [0.2, 0.25) is 0 Å². The van der Waals surface area contributed by atoms with Crippen molar-refractivity contribution in [2.24, 2.45) is 11.1 Å². The van der Waals surface area contributed by atoms with Crippen molar-refractivity contribution in [3.63, 3.8) is 0 Å². The summed E-state index contributed by atoms with van der Waals surface area (Å²) in [6.07, 6.45) is 3.01. The first-order valence-corrected chi connectivity index (χ1v) is 8.00. The topological polar surface area (TPSA) is 69.4 Å². The van der Waals surface area contributed by atoms with Gasteiger partial charge in [0.2, 0.25) is 10.0 Å². The van der Waals surface area contributed by atoms with Crippen LogP contribution >= 0.6 is 0 Å². The molecule has 1 saturated carbocycles. The Morgan fingerprint density at radius 2 is 1.80 bits per heavy atom. The molecule has 7 heteroatoms. The van der Waals surface area contributed by atoms with E-state index in [2.05, 4.69) is 6.92 Å². The van der Waals surface area contributed by atoms with Gasteiger partial charge in [0.25, 0.3) is 0 Å². The van der Waals surface area contributed by atoms with E-state index >= 15 is 0 Å². The average Bonchev–Trinajstić information content (AvgIpc) is 2.33. The molecule has 0 heterocycles. The first-order chi connectivity index (χ1) is 9.27. The molecule has 0 unspecified atom stereocenters. The Labute approximate surface area is 117 Å². The van der Waals surface area contributed by atoms with Gasteiger partial charge >= 0.3 is 0 Å². The van der Waals surface area contributed by atoms with Crippen molar-refractivity contribution in [1.82, 2.24) is 0 Å². The first-order valence-electron chi connectivity index (χ1n) is 6.46. The van der Waals surface area contributed by atoms with Gasteiger partial charge in [-0.2, -0.15) is 0 Å². The minimum atomic E-state index is -4.25. The van der Waals surface area contributed by atoms with E-state index in [1.165, 1.54) is 0 Å². The number of halogens is 2. The van der Waals surface area contributed by atoms with Crippen LogP contribution in [0.5, 0.6) is 5.75 Å². The zero-order chi connectivity index (χ0) is 14.9. The van der Waals surface area contributed by atoms with E-state index in [4.69, 9.17) is 9.88 Å². The van der Waals surface area contributed by atoms with Crippen molar-refractivity contribution in [2.45, 2.75) is 43.6 Å². The lowest BCUT2D eigenvalue weighted by atomic mass is 9.89. The summed E-state index contributed by atoms with van der Waals surface area (Å²) < 4.78 is 55.2. The number of ether oxygens (including phenoxy) is 1. The van der Waals surface area contributed by atoms with Crippen LogP contribution in [0.15, 0.2) is 17.0 Å². The van der Waals surface area contributed by atoms with Crippen LogP contribution in [0.4, 0.5) is 8.78 Å². The van der Waals surface area contributed by atoms with Gasteiger partial charge in [0.15, 0.2) is 11.6 Å². The molecule has 1 aromatic rings. The number of rotatable bonds is 3. The summed E-state index contributed by atoms with van der Waals surface area (Å²) in [5, 5.41) is 4.98. The van der Waals surface area contributed by atoms with Gasteiger partial charge in [0, 0.05) is 6.07 Å². The van der Waals surface area contributed by atoms with Crippen LogP contribution < -0.4 is 9.88 Å². The Hall–Kier alpha value is -1.21. The fourth-order valence-corrected chi connectivity index (χ4v) is 3.06. The third-order valence-electron chi connectivity index (χ3n) is 3.53. The molecule has 112 valence electrons. The van der Waals surface area contributed by atoms with Crippen LogP contribution in [0.25, 0.3) is 0 Å². The molecular weight excluding hydrogens is 288 g/mol. The molecule has 4 nitrogen and oxygen atoms in total. The predicted molar refractivity (Wildman–Crippen MR) is 69.8 cm³/mol. The summed E-state index contributed by atoms with van der Waals surface area (Å²) in [7, 11) is -4.25. The molecule has 2 N–H and O–H groups in total. The number of nitrogens with two attached hydrogens (primary N) is 1. The standard InChI is InChI=1S/C13H17F2NO3S/c1-8-2-4-10(5-3-8)19-13-11(15)6-9(14)7-12(13)20(16,17)18/h6-8,10H,2-5H2,1H3,(H2,16,17,18). The van der Waals surface area contributed by atoms with Gasteiger partial charge in [0.05, 0.1) is 6.10 Å². The maximum Gasteiger partial charge on any atom is 0.241 e. The van der Waals surface area contributed by atoms with Crippen molar-refractivity contribution in [3.05, 3.63) is 23.8 Å². The van der Waals surface area contributed by atoms with Crippen LogP contribution in [0.3, 0.4) is 0 Å². The zero-order valence-electron chi connectivity index (χ0n) is 11.1. The van der Waals surface area contributed by atoms with E-state index in [1.807, 2.05) is 0 Å². The SMILES string of the molecule is CC1CCC(Oc2c(F)cc(F)cc2S(N)(=O)=O)CC1. The van der Waals surface area contributed by atoms with Crippen LogP contribution in [0.1, 0.15) is 32.6 Å². The molecule has 0 aromatic heterocycles. The van der Waals surface area contributed by atoms with Gasteiger partial charge in [0.1, 0.15) is 10.7 Å². The second-order valence-corrected chi connectivity index (χ2v) is 6.79. The maximum absolute atomic E-state index is 13.8. The van der Waals surface area contributed by atoms with Crippen molar-refractivity contribution >= 4 is 10.0 Å². The molecule has 1 aromatic carbocycles. The van der Waals surface area contributed by atoms with Gasteiger partial charge in [-0.3, -0.25) is 0 Å². The monoisotopic (exact) mass is 305 g/mol. The van der Waals surface area contributed by atoms with E-state index < -0.39 is 32.3 Å². The summed E-state index contributed by atoms with van der Waals surface area (Å²) in [6, 6.07) is 1.27. The van der Waals surface area contributed by atoms with E-state index in [0.717, 1.165) is 12.8 Å². The Morgan fingerprint density at radius 3 is 2.35 bits per heavy atom. The molecule has 1 fully saturated rings. The Morgan fingerprint density at radius 1 is 1.20 bits per heavy atom. The van der Waals surface area contributed by atoms with Gasteiger partial charge in [-0.15, -0.1) is 0 Å². The molecule has 0 amide bonds. The molecular formula is C13H17F2NO3S. The number of primary sulfonamides is 1. The largest absolute Gasteiger partial charge is 0.486 e. The normalized spacial score (nSPS) is 23.6. The van der Waals surface area contributed by atoms with Crippen molar-refractivity contribution in [3.8, 4) is 5.75 Å². The molecule has 0 spiro atoms. The third-order valence-corrected chi connectivity index (χ3v) is 4.44. The quantitative estimate of drug-likeness (QED) is 0.933. The van der Waals surface area contributed by atoms with Gasteiger partial charge in [-0.1, -0.05) is 6.92 Å². The minimum absolute atomic E-state index is 0.272. The second kappa shape index (κ2) is 5.65. The van der Waals surface area contributed by atoms with Crippen LogP contribution in [-0.2, 0) is 10.0 Å². The highest BCUT2D eigenvalue weighted by Gasteiger charge is 2.26. The minimum Gasteiger partial charge on any atom is -0.486 e. The highest BCUT2D eigenvalue weighted by molar-refractivity contribution is 7.89. The molecule has 20 heavy (non-hydrogen) atoms. The lowest BCUT2D eigenvalue weighted by molar-refractivity contribution is 0.126. The fourth-order valence-electron chi connectivity index (χ4n) is 2.38. The molecule has 0 atom stereocenters. The summed E-state index contributed by atoms with van der Waals surface area (Å²) in [4.78, 5) is -0.645. The van der Waals surface area contributed by atoms with Crippen molar-refractivity contribution < 1.29 is 21.9 Å². The predicted octanol–water partition coefficient (Wildman–Crippen LogP) is 2.57. The molecule has 0 bridgehead atoms. The Kier molecular flexibility index (Phi) is 4.29. The van der Waals surface area contributed by atoms with Gasteiger partial charge < -0.3 is 4.74 Å². The molecule has 2 rings (SSSR count). The third kappa shape index (κ3) is 3.46. The summed E-state index contributed by atoms with van der Waals surface area (Å²) in [6.45, 7) is 2.12. The zero-order valence-corrected chi connectivity index (χ0v) is 11.9. The van der Waals surface area contributed by atoms with Crippen LogP contribution in [-0.4, -0.2) is 14.5 Å². The van der Waals surface area contributed by atoms with E-state index in [0.29, 0.717) is 30.9 Å². The fraction of sp³-hybridized carbons (Fsp3) is 0.538. The number of benzene rings is 1. The lowest BCUT2D eigenvalue weighted by Gasteiger charge is -2.27. The highest BCUT2D eigenvalue weighted by atomic mass is 32.2. The second-order valence-electron chi connectivity index (χ2n) is 5.26. The number of hydrogen-bond donors (Lipinski definition) is 1. The Bertz CT molecular complexity index is 596. The first kappa shape index (κ1) is 15.2. The number of hydrogen-bond acceptors (Lipinski definition) is 3. The molecule has 1 aliphatic carbocycles. The van der Waals surface area contributed by atoms with E-state index in [1.54, 1.807) is 0 Å². The Balaban J connectivity index is 2.31. The highest BCUT2D eigenvalue weighted by Crippen LogP contribution is 2.32. The van der Waals surface area contributed by atoms with Crippen LogP contribution in [0, 0.1) is 17.6 Å². The lowest BCUT2D eigenvalue weighted by Crippen LogP contribution is -2.25. The molecule has 0 aliphatic heterocycles. The van der Waals surface area contributed by atoms with Gasteiger partial charge in [-0.25, -0.2) is 22.3 Å². The molecule has 1 aliphatic rings.